The maximum absolute atomic E-state index is 5.71. The molecule has 18 heavy (non-hydrogen) atoms. The van der Waals surface area contributed by atoms with Crippen molar-refractivity contribution in [3.63, 3.8) is 0 Å². The molecule has 0 fully saturated rings. The van der Waals surface area contributed by atoms with Crippen molar-refractivity contribution in [1.82, 2.24) is 0 Å². The molecule has 0 saturated carbocycles. The monoisotopic (exact) mass is 241 g/mol. The van der Waals surface area contributed by atoms with Gasteiger partial charge in [0.15, 0.2) is 5.96 Å². The van der Waals surface area contributed by atoms with Gasteiger partial charge in [-0.25, -0.2) is 0 Å². The largest absolute Gasteiger partial charge is 0.457 e. The van der Waals surface area contributed by atoms with Gasteiger partial charge in [-0.2, -0.15) is 0 Å². The van der Waals surface area contributed by atoms with Crippen LogP contribution >= 0.6 is 0 Å². The molecule has 0 unspecified atom stereocenters. The summed E-state index contributed by atoms with van der Waals surface area (Å²) >= 11 is 0. The lowest BCUT2D eigenvalue weighted by molar-refractivity contribution is 0.483. The zero-order valence-electron chi connectivity index (χ0n) is 10.1. The Morgan fingerprint density at radius 3 is 2.50 bits per heavy atom. The van der Waals surface area contributed by atoms with Gasteiger partial charge in [0.25, 0.3) is 0 Å². The molecule has 0 aliphatic rings. The van der Waals surface area contributed by atoms with E-state index in [1.54, 1.807) is 7.05 Å². The first-order valence-corrected chi connectivity index (χ1v) is 5.60. The Kier molecular flexibility index (Phi) is 3.81. The zero-order chi connectivity index (χ0) is 12.8. The van der Waals surface area contributed by atoms with Gasteiger partial charge in [-0.1, -0.05) is 24.3 Å². The number of nitrogens with one attached hydrogen (secondary N) is 1. The number of nitrogens with zero attached hydrogens (tertiary/aromatic N) is 1. The van der Waals surface area contributed by atoms with Crippen molar-refractivity contribution in [2.45, 2.75) is 0 Å². The number of rotatable bonds is 3. The highest BCUT2D eigenvalue weighted by Crippen LogP contribution is 2.23. The molecule has 3 N–H and O–H groups in total. The zero-order valence-corrected chi connectivity index (χ0v) is 10.1. The van der Waals surface area contributed by atoms with Gasteiger partial charge in [-0.05, 0) is 24.3 Å². The second kappa shape index (κ2) is 5.72. The van der Waals surface area contributed by atoms with Crippen molar-refractivity contribution in [1.29, 1.82) is 0 Å². The van der Waals surface area contributed by atoms with Crippen LogP contribution in [-0.4, -0.2) is 13.0 Å². The summed E-state index contributed by atoms with van der Waals surface area (Å²) in [6.07, 6.45) is 0. The summed E-state index contributed by atoms with van der Waals surface area (Å²) in [5.41, 5.74) is 6.45. The molecule has 0 atom stereocenters. The van der Waals surface area contributed by atoms with Crippen LogP contribution in [0.4, 0.5) is 5.69 Å². The lowest BCUT2D eigenvalue weighted by Gasteiger charge is -2.08. The molecule has 0 aliphatic carbocycles. The Balaban J connectivity index is 2.13. The van der Waals surface area contributed by atoms with Crippen molar-refractivity contribution < 1.29 is 4.74 Å². The number of hydrogen-bond acceptors (Lipinski definition) is 2. The summed E-state index contributed by atoms with van der Waals surface area (Å²) in [5, 5.41) is 2.97. The molecule has 92 valence electrons. The van der Waals surface area contributed by atoms with Crippen LogP contribution in [-0.2, 0) is 0 Å². The van der Waals surface area contributed by atoms with E-state index in [0.29, 0.717) is 5.96 Å². The summed E-state index contributed by atoms with van der Waals surface area (Å²) in [4.78, 5) is 3.84. The Morgan fingerprint density at radius 2 is 1.78 bits per heavy atom. The molecular formula is C14H15N3O. The van der Waals surface area contributed by atoms with Crippen molar-refractivity contribution in [3.05, 3.63) is 54.6 Å². The number of para-hydroxylation sites is 1. The van der Waals surface area contributed by atoms with Crippen LogP contribution in [0.1, 0.15) is 0 Å². The Labute approximate surface area is 106 Å². The SMILES string of the molecule is CN=C(N)Nc1cccc(Oc2ccccc2)c1. The molecule has 0 amide bonds. The number of anilines is 1. The van der Waals surface area contributed by atoms with Gasteiger partial charge in [-0.3, -0.25) is 4.99 Å². The highest BCUT2D eigenvalue weighted by atomic mass is 16.5. The van der Waals surface area contributed by atoms with Gasteiger partial charge >= 0.3 is 0 Å². The van der Waals surface area contributed by atoms with Crippen LogP contribution in [0.15, 0.2) is 59.6 Å². The minimum Gasteiger partial charge on any atom is -0.457 e. The van der Waals surface area contributed by atoms with Crippen molar-refractivity contribution in [2.75, 3.05) is 12.4 Å². The quantitative estimate of drug-likeness (QED) is 0.641. The van der Waals surface area contributed by atoms with E-state index in [1.807, 2.05) is 54.6 Å². The first-order valence-electron chi connectivity index (χ1n) is 5.60. The van der Waals surface area contributed by atoms with E-state index in [9.17, 15) is 0 Å². The topological polar surface area (TPSA) is 59.6 Å². The summed E-state index contributed by atoms with van der Waals surface area (Å²) in [5.74, 6) is 1.91. The highest BCUT2D eigenvalue weighted by molar-refractivity contribution is 5.92. The van der Waals surface area contributed by atoms with Gasteiger partial charge < -0.3 is 15.8 Å². The Bertz CT molecular complexity index is 538. The van der Waals surface area contributed by atoms with Gasteiger partial charge in [0.05, 0.1) is 0 Å². The summed E-state index contributed by atoms with van der Waals surface area (Å²) < 4.78 is 5.71. The number of guanidine groups is 1. The number of hydrogen-bond donors (Lipinski definition) is 2. The van der Waals surface area contributed by atoms with E-state index in [1.165, 1.54) is 0 Å². The van der Waals surface area contributed by atoms with Crippen molar-refractivity contribution >= 4 is 11.6 Å². The van der Waals surface area contributed by atoms with Gasteiger partial charge in [0.1, 0.15) is 11.5 Å². The molecule has 0 saturated heterocycles. The maximum atomic E-state index is 5.71. The fourth-order valence-corrected chi connectivity index (χ4v) is 1.47. The van der Waals surface area contributed by atoms with Crippen LogP contribution in [0, 0.1) is 0 Å². The van der Waals surface area contributed by atoms with Crippen LogP contribution in [0.3, 0.4) is 0 Å². The van der Waals surface area contributed by atoms with Gasteiger partial charge in [0, 0.05) is 18.8 Å². The third-order valence-corrected chi connectivity index (χ3v) is 2.33. The number of nitrogens with two attached hydrogens (primary N) is 1. The minimum absolute atomic E-state index is 0.367. The molecule has 2 aromatic rings. The van der Waals surface area contributed by atoms with E-state index in [2.05, 4.69) is 10.3 Å². The fourth-order valence-electron chi connectivity index (χ4n) is 1.47. The summed E-state index contributed by atoms with van der Waals surface area (Å²) in [6.45, 7) is 0. The van der Waals surface area contributed by atoms with Crippen molar-refractivity contribution in [3.8, 4) is 11.5 Å². The molecule has 0 aromatic heterocycles. The first-order chi connectivity index (χ1) is 8.78. The lowest BCUT2D eigenvalue weighted by Crippen LogP contribution is -2.21. The second-order valence-corrected chi connectivity index (χ2v) is 3.68. The van der Waals surface area contributed by atoms with E-state index < -0.39 is 0 Å². The standard InChI is InChI=1S/C14H15N3O/c1-16-14(15)17-11-6-5-9-13(10-11)18-12-7-3-2-4-8-12/h2-10H,1H3,(H3,15,16,17). The van der Waals surface area contributed by atoms with Crippen LogP contribution < -0.4 is 15.8 Å². The van der Waals surface area contributed by atoms with E-state index >= 15 is 0 Å². The Hall–Kier alpha value is -2.49. The molecule has 4 heteroatoms. The smallest absolute Gasteiger partial charge is 0.192 e. The molecule has 2 aromatic carbocycles. The van der Waals surface area contributed by atoms with Crippen molar-refractivity contribution in [2.24, 2.45) is 10.7 Å². The highest BCUT2D eigenvalue weighted by Gasteiger charge is 1.99. The number of aliphatic imine (C=N–C) groups is 1. The minimum atomic E-state index is 0.367. The third kappa shape index (κ3) is 3.25. The van der Waals surface area contributed by atoms with E-state index in [0.717, 1.165) is 17.2 Å². The predicted octanol–water partition coefficient (Wildman–Crippen LogP) is 2.84. The van der Waals surface area contributed by atoms with Crippen LogP contribution in [0.25, 0.3) is 0 Å². The molecule has 0 spiro atoms. The maximum Gasteiger partial charge on any atom is 0.192 e. The molecule has 0 heterocycles. The predicted molar refractivity (Wildman–Crippen MR) is 74.1 cm³/mol. The molecule has 4 nitrogen and oxygen atoms in total. The third-order valence-electron chi connectivity index (χ3n) is 2.33. The van der Waals surface area contributed by atoms with Crippen LogP contribution in [0.2, 0.25) is 0 Å². The summed E-state index contributed by atoms with van der Waals surface area (Å²) in [7, 11) is 1.63. The lowest BCUT2D eigenvalue weighted by atomic mass is 10.3. The average Bonchev–Trinajstić information content (AvgIpc) is 2.40. The average molecular weight is 241 g/mol. The molecule has 0 aliphatic heterocycles. The normalized spacial score (nSPS) is 11.1. The first kappa shape index (κ1) is 12.0. The molecule has 0 radical (unpaired) electrons. The molecule has 2 rings (SSSR count). The molecule has 0 bridgehead atoms. The Morgan fingerprint density at radius 1 is 1.06 bits per heavy atom. The van der Waals surface area contributed by atoms with Crippen LogP contribution in [0.5, 0.6) is 11.5 Å². The fraction of sp³-hybridized carbons (Fsp3) is 0.0714. The summed E-state index contributed by atoms with van der Waals surface area (Å²) in [6, 6.07) is 17.2. The van der Waals surface area contributed by atoms with E-state index in [-0.39, 0.29) is 0 Å². The molecular weight excluding hydrogens is 226 g/mol. The van der Waals surface area contributed by atoms with Gasteiger partial charge in [-0.15, -0.1) is 0 Å². The number of ether oxygens (including phenoxy) is 1. The number of benzene rings is 2. The van der Waals surface area contributed by atoms with E-state index in [4.69, 9.17) is 10.5 Å². The second-order valence-electron chi connectivity index (χ2n) is 3.68. The van der Waals surface area contributed by atoms with Gasteiger partial charge in [0.2, 0.25) is 0 Å².